The fourth-order valence-electron chi connectivity index (χ4n) is 7.82. The van der Waals surface area contributed by atoms with Gasteiger partial charge in [-0.25, -0.2) is 14.6 Å². The summed E-state index contributed by atoms with van der Waals surface area (Å²) in [5, 5.41) is 9.45. The van der Waals surface area contributed by atoms with Crippen LogP contribution in [0.3, 0.4) is 0 Å². The van der Waals surface area contributed by atoms with Gasteiger partial charge < -0.3 is 20.7 Å². The van der Waals surface area contributed by atoms with Gasteiger partial charge in [-0.1, -0.05) is 18.2 Å². The van der Waals surface area contributed by atoms with Gasteiger partial charge in [-0.05, 0) is 74.9 Å². The summed E-state index contributed by atoms with van der Waals surface area (Å²) in [4.78, 5) is 14.6. The van der Waals surface area contributed by atoms with E-state index in [-0.39, 0.29) is 12.4 Å². The van der Waals surface area contributed by atoms with E-state index in [4.69, 9.17) is 15.6 Å². The molecule has 4 aliphatic rings. The minimum absolute atomic E-state index is 0. The van der Waals surface area contributed by atoms with Crippen molar-refractivity contribution in [3.8, 4) is 22.8 Å². The second-order valence-electron chi connectivity index (χ2n) is 12.2. The zero-order valence-corrected chi connectivity index (χ0v) is 24.6. The van der Waals surface area contributed by atoms with E-state index in [0.29, 0.717) is 11.9 Å². The van der Waals surface area contributed by atoms with E-state index in [2.05, 4.69) is 29.8 Å². The zero-order chi connectivity index (χ0) is 27.3. The quantitative estimate of drug-likeness (QED) is 0.329. The Kier molecular flexibility index (Phi) is 7.52. The molecule has 42 heavy (non-hydrogen) atoms. The molecule has 9 nitrogen and oxygen atoms in total. The molecule has 220 valence electrons. The van der Waals surface area contributed by atoms with Gasteiger partial charge in [0.25, 0.3) is 0 Å². The van der Waals surface area contributed by atoms with E-state index in [0.717, 1.165) is 83.9 Å². The van der Waals surface area contributed by atoms with E-state index in [1.165, 1.54) is 38.8 Å². The lowest BCUT2D eigenvalue weighted by Gasteiger charge is -2.50. The number of nitrogens with one attached hydrogen (secondary N) is 1. The molecule has 0 aliphatic carbocycles. The van der Waals surface area contributed by atoms with Crippen molar-refractivity contribution in [1.29, 1.82) is 0 Å². The van der Waals surface area contributed by atoms with Gasteiger partial charge in [0.05, 0.1) is 11.4 Å². The van der Waals surface area contributed by atoms with E-state index < -0.39 is 0 Å². The maximum absolute atomic E-state index is 6.42. The zero-order valence-electron chi connectivity index (χ0n) is 23.8. The van der Waals surface area contributed by atoms with Gasteiger partial charge in [-0.3, -0.25) is 4.90 Å². The van der Waals surface area contributed by atoms with Gasteiger partial charge in [-0.2, -0.15) is 5.10 Å². The molecule has 2 atom stereocenters. The molecule has 2 unspecified atom stereocenters. The minimum atomic E-state index is 0. The molecule has 4 aliphatic heterocycles. The second-order valence-corrected chi connectivity index (χ2v) is 12.2. The summed E-state index contributed by atoms with van der Waals surface area (Å²) in [7, 11) is 0. The SMILES string of the molecule is Cl.Nc1ncnc2c1c(-c1ccc(Oc3ccccc3)cc1)nn2C1CCN(C2CC3CCC(C2)N3C2CNC2)CC1. The predicted octanol–water partition coefficient (Wildman–Crippen LogP) is 4.89. The Hall–Kier alpha value is -3.24. The lowest BCUT2D eigenvalue weighted by molar-refractivity contribution is 0.00458. The molecule has 0 amide bonds. The third-order valence-electron chi connectivity index (χ3n) is 9.93. The first-order valence-electron chi connectivity index (χ1n) is 15.3. The highest BCUT2D eigenvalue weighted by Gasteiger charge is 2.46. The monoisotopic (exact) mass is 586 g/mol. The fourth-order valence-corrected chi connectivity index (χ4v) is 7.82. The molecule has 4 aromatic rings. The Bertz CT molecular complexity index is 1500. The van der Waals surface area contributed by atoms with Crippen LogP contribution in [-0.2, 0) is 0 Å². The number of benzene rings is 2. The lowest BCUT2D eigenvalue weighted by Crippen LogP contribution is -2.63. The number of nitrogens with zero attached hydrogens (tertiary/aromatic N) is 6. The number of nitrogen functional groups attached to an aromatic ring is 1. The van der Waals surface area contributed by atoms with Gasteiger partial charge in [0, 0.05) is 55.9 Å². The smallest absolute Gasteiger partial charge is 0.164 e. The highest BCUT2D eigenvalue weighted by Crippen LogP contribution is 2.41. The first-order valence-corrected chi connectivity index (χ1v) is 15.3. The van der Waals surface area contributed by atoms with Gasteiger partial charge in [-0.15, -0.1) is 12.4 Å². The molecule has 0 spiro atoms. The number of rotatable bonds is 6. The Morgan fingerprint density at radius 3 is 2.12 bits per heavy atom. The highest BCUT2D eigenvalue weighted by atomic mass is 35.5. The van der Waals surface area contributed by atoms with Crippen LogP contribution in [0.1, 0.15) is 44.6 Å². The molecular formula is C32H39ClN8O. The van der Waals surface area contributed by atoms with Crippen LogP contribution in [0.5, 0.6) is 11.5 Å². The lowest BCUT2D eigenvalue weighted by atomic mass is 9.91. The molecule has 8 rings (SSSR count). The predicted molar refractivity (Wildman–Crippen MR) is 167 cm³/mol. The number of nitrogens with two attached hydrogens (primary N) is 1. The summed E-state index contributed by atoms with van der Waals surface area (Å²) >= 11 is 0. The number of ether oxygens (including phenoxy) is 1. The maximum atomic E-state index is 6.42. The molecule has 10 heteroatoms. The summed E-state index contributed by atoms with van der Waals surface area (Å²) in [5.41, 5.74) is 9.07. The normalized spacial score (nSPS) is 25.3. The number of fused-ring (bicyclic) bond motifs is 3. The number of hydrogen-bond acceptors (Lipinski definition) is 8. The van der Waals surface area contributed by atoms with E-state index in [1.807, 2.05) is 54.6 Å². The second kappa shape index (κ2) is 11.4. The highest BCUT2D eigenvalue weighted by molar-refractivity contribution is 5.98. The molecule has 2 aromatic carbocycles. The van der Waals surface area contributed by atoms with Gasteiger partial charge in [0.1, 0.15) is 29.3 Å². The van der Waals surface area contributed by atoms with E-state index in [9.17, 15) is 0 Å². The van der Waals surface area contributed by atoms with Crippen molar-refractivity contribution >= 4 is 29.3 Å². The van der Waals surface area contributed by atoms with Crippen LogP contribution >= 0.6 is 12.4 Å². The van der Waals surface area contributed by atoms with Crippen LogP contribution in [-0.4, -0.2) is 79.9 Å². The molecule has 2 aromatic heterocycles. The average Bonchev–Trinajstić information content (AvgIpc) is 3.48. The van der Waals surface area contributed by atoms with Crippen molar-refractivity contribution in [2.45, 2.75) is 68.7 Å². The van der Waals surface area contributed by atoms with Crippen LogP contribution in [0.15, 0.2) is 60.9 Å². The third kappa shape index (κ3) is 4.92. The minimum Gasteiger partial charge on any atom is -0.457 e. The standard InChI is InChI=1S/C32H38N8O.ClH/c33-31-29-30(21-6-10-28(11-7-21)41-27-4-2-1-3-5-27)37-40(32(29)36-20-35-31)22-12-14-38(15-13-22)25-16-23-8-9-24(17-25)39(23)26-18-34-19-26;/h1-7,10-11,20,22-26,34H,8-9,12-19H2,(H2,33,35,36);1H. The third-order valence-corrected chi connectivity index (χ3v) is 9.93. The first-order chi connectivity index (χ1) is 20.2. The molecule has 2 bridgehead atoms. The topological polar surface area (TPSA) is 97.4 Å². The van der Waals surface area contributed by atoms with Crippen molar-refractivity contribution < 1.29 is 4.74 Å². The number of halogens is 1. The number of piperidine rings is 2. The molecule has 6 heterocycles. The Balaban J connectivity index is 0.00000288. The van der Waals surface area contributed by atoms with E-state index in [1.54, 1.807) is 6.33 Å². The van der Waals surface area contributed by atoms with Crippen molar-refractivity contribution in [2.24, 2.45) is 0 Å². The van der Waals surface area contributed by atoms with Crippen molar-refractivity contribution in [3.63, 3.8) is 0 Å². The molecule has 0 saturated carbocycles. The van der Waals surface area contributed by atoms with Crippen LogP contribution in [0.25, 0.3) is 22.3 Å². The summed E-state index contributed by atoms with van der Waals surface area (Å²) < 4.78 is 8.13. The number of para-hydroxylation sites is 1. The summed E-state index contributed by atoms with van der Waals surface area (Å²) in [5.74, 6) is 2.07. The van der Waals surface area contributed by atoms with Crippen LogP contribution in [0.2, 0.25) is 0 Å². The Morgan fingerprint density at radius 1 is 0.762 bits per heavy atom. The van der Waals surface area contributed by atoms with Gasteiger partial charge in [0.2, 0.25) is 0 Å². The first kappa shape index (κ1) is 27.6. The van der Waals surface area contributed by atoms with Crippen LogP contribution < -0.4 is 15.8 Å². The van der Waals surface area contributed by atoms with Crippen molar-refractivity contribution in [2.75, 3.05) is 31.9 Å². The Labute approximate surface area is 252 Å². The molecular weight excluding hydrogens is 548 g/mol. The van der Waals surface area contributed by atoms with Crippen molar-refractivity contribution in [1.82, 2.24) is 34.9 Å². The summed E-state index contributed by atoms with van der Waals surface area (Å²) in [6, 6.07) is 21.2. The maximum Gasteiger partial charge on any atom is 0.164 e. The largest absolute Gasteiger partial charge is 0.457 e. The molecule has 4 saturated heterocycles. The van der Waals surface area contributed by atoms with Crippen LogP contribution in [0.4, 0.5) is 5.82 Å². The number of likely N-dealkylation sites (tertiary alicyclic amines) is 1. The van der Waals surface area contributed by atoms with E-state index >= 15 is 0 Å². The van der Waals surface area contributed by atoms with Crippen LogP contribution in [0, 0.1) is 0 Å². The average molecular weight is 587 g/mol. The van der Waals surface area contributed by atoms with Gasteiger partial charge >= 0.3 is 0 Å². The number of hydrogen-bond donors (Lipinski definition) is 2. The number of anilines is 1. The number of aromatic nitrogens is 4. The van der Waals surface area contributed by atoms with Crippen molar-refractivity contribution in [3.05, 3.63) is 60.9 Å². The molecule has 0 radical (unpaired) electrons. The fraction of sp³-hybridized carbons (Fsp3) is 0.469. The Morgan fingerprint density at radius 2 is 1.45 bits per heavy atom. The molecule has 4 fully saturated rings. The molecule has 3 N–H and O–H groups in total. The summed E-state index contributed by atoms with van der Waals surface area (Å²) in [6.45, 7) is 4.59. The summed E-state index contributed by atoms with van der Waals surface area (Å²) in [6.07, 6.45) is 9.15. The van der Waals surface area contributed by atoms with Gasteiger partial charge in [0.15, 0.2) is 5.65 Å².